The largest absolute Gasteiger partial charge is 0.310 e. The smallest absolute Gasteiger partial charge is 0.0343 e. The van der Waals surface area contributed by atoms with E-state index in [0.29, 0.717) is 12.1 Å². The Hall–Kier alpha value is -0.380. The quantitative estimate of drug-likeness (QED) is 0.706. The van der Waals surface area contributed by atoms with Crippen molar-refractivity contribution >= 4 is 15.9 Å². The Balaban J connectivity index is 2.68. The highest BCUT2D eigenvalue weighted by molar-refractivity contribution is 9.10. The van der Waals surface area contributed by atoms with Gasteiger partial charge in [0, 0.05) is 16.6 Å². The number of hydrogen-bond donors (Lipinski definition) is 1. The monoisotopic (exact) mass is 340 g/mol. The van der Waals surface area contributed by atoms with Gasteiger partial charge in [0.05, 0.1) is 0 Å². The highest BCUT2D eigenvalue weighted by Gasteiger charge is 2.15. The van der Waals surface area contributed by atoms with Crippen LogP contribution in [0.2, 0.25) is 0 Å². The molecule has 1 rings (SSSR count). The molecule has 0 aromatic heterocycles. The fourth-order valence-electron chi connectivity index (χ4n) is 2.31. The molecule has 0 saturated carbocycles. The summed E-state index contributed by atoms with van der Waals surface area (Å²) in [5.74, 6) is 0. The van der Waals surface area contributed by atoms with Gasteiger partial charge in [0.25, 0.3) is 0 Å². The van der Waals surface area contributed by atoms with Crippen LogP contribution >= 0.6 is 15.9 Å². The van der Waals surface area contributed by atoms with Crippen molar-refractivity contribution in [3.05, 3.63) is 34.3 Å². The minimum Gasteiger partial charge on any atom is -0.310 e. The lowest BCUT2D eigenvalue weighted by atomic mass is 10.0. The molecule has 2 nitrogen and oxygen atoms in total. The van der Waals surface area contributed by atoms with Gasteiger partial charge in [-0.3, -0.25) is 0 Å². The zero-order chi connectivity index (χ0) is 15.0. The summed E-state index contributed by atoms with van der Waals surface area (Å²) in [4.78, 5) is 2.46. The van der Waals surface area contributed by atoms with Crippen LogP contribution in [0.25, 0.3) is 0 Å². The second-order valence-electron chi connectivity index (χ2n) is 5.55. The SMILES string of the molecule is CCCNC(CCN(C)C(C)CC)c1ccccc1Br. The summed E-state index contributed by atoms with van der Waals surface area (Å²) in [6.07, 6.45) is 3.52. The summed E-state index contributed by atoms with van der Waals surface area (Å²) in [6, 6.07) is 9.64. The second kappa shape index (κ2) is 9.54. The van der Waals surface area contributed by atoms with Gasteiger partial charge >= 0.3 is 0 Å². The van der Waals surface area contributed by atoms with Crippen LogP contribution < -0.4 is 5.32 Å². The van der Waals surface area contributed by atoms with Gasteiger partial charge in [-0.05, 0) is 58.0 Å². The van der Waals surface area contributed by atoms with Gasteiger partial charge in [0.1, 0.15) is 0 Å². The van der Waals surface area contributed by atoms with E-state index in [-0.39, 0.29) is 0 Å². The van der Waals surface area contributed by atoms with E-state index in [4.69, 9.17) is 0 Å². The third kappa shape index (κ3) is 5.55. The van der Waals surface area contributed by atoms with Crippen LogP contribution in [-0.2, 0) is 0 Å². The Kier molecular flexibility index (Phi) is 8.43. The lowest BCUT2D eigenvalue weighted by Crippen LogP contribution is -2.32. The molecule has 0 aliphatic carbocycles. The predicted molar refractivity (Wildman–Crippen MR) is 92.2 cm³/mol. The molecule has 20 heavy (non-hydrogen) atoms. The Bertz CT molecular complexity index is 381. The molecule has 0 radical (unpaired) electrons. The minimum absolute atomic E-state index is 0.428. The summed E-state index contributed by atoms with van der Waals surface area (Å²) in [5.41, 5.74) is 1.37. The zero-order valence-electron chi connectivity index (χ0n) is 13.3. The molecule has 1 aromatic carbocycles. The van der Waals surface area contributed by atoms with E-state index in [1.165, 1.54) is 22.9 Å². The molecule has 0 bridgehead atoms. The van der Waals surface area contributed by atoms with E-state index in [1.54, 1.807) is 0 Å². The van der Waals surface area contributed by atoms with Crippen LogP contribution in [0.3, 0.4) is 0 Å². The van der Waals surface area contributed by atoms with E-state index in [0.717, 1.165) is 19.5 Å². The van der Waals surface area contributed by atoms with E-state index in [1.807, 2.05) is 0 Å². The Morgan fingerprint density at radius 3 is 2.55 bits per heavy atom. The van der Waals surface area contributed by atoms with Crippen LogP contribution in [0.1, 0.15) is 51.6 Å². The van der Waals surface area contributed by atoms with E-state index in [9.17, 15) is 0 Å². The van der Waals surface area contributed by atoms with E-state index < -0.39 is 0 Å². The molecular formula is C17H29BrN2. The van der Waals surface area contributed by atoms with Gasteiger partial charge < -0.3 is 10.2 Å². The summed E-state index contributed by atoms with van der Waals surface area (Å²) in [6.45, 7) is 8.96. The number of halogens is 1. The lowest BCUT2D eigenvalue weighted by molar-refractivity contribution is 0.237. The number of nitrogens with zero attached hydrogens (tertiary/aromatic N) is 1. The van der Waals surface area contributed by atoms with Gasteiger partial charge in [0.2, 0.25) is 0 Å². The first-order chi connectivity index (χ1) is 9.60. The molecule has 0 aliphatic rings. The maximum atomic E-state index is 3.68. The molecule has 1 aromatic rings. The fourth-order valence-corrected chi connectivity index (χ4v) is 2.87. The maximum Gasteiger partial charge on any atom is 0.0343 e. The van der Waals surface area contributed by atoms with Crippen molar-refractivity contribution in [2.75, 3.05) is 20.1 Å². The molecule has 0 heterocycles. The van der Waals surface area contributed by atoms with Crippen LogP contribution in [0.15, 0.2) is 28.7 Å². The highest BCUT2D eigenvalue weighted by Crippen LogP contribution is 2.25. The summed E-state index contributed by atoms with van der Waals surface area (Å²) >= 11 is 3.68. The van der Waals surface area contributed by atoms with Crippen molar-refractivity contribution in [2.45, 2.75) is 52.1 Å². The summed E-state index contributed by atoms with van der Waals surface area (Å²) in [5, 5.41) is 3.68. The molecule has 0 fully saturated rings. The first-order valence-electron chi connectivity index (χ1n) is 7.78. The number of nitrogens with one attached hydrogen (secondary N) is 1. The van der Waals surface area contributed by atoms with Crippen LogP contribution in [0.4, 0.5) is 0 Å². The summed E-state index contributed by atoms with van der Waals surface area (Å²) < 4.78 is 1.21. The fraction of sp³-hybridized carbons (Fsp3) is 0.647. The van der Waals surface area contributed by atoms with Gasteiger partial charge in [0.15, 0.2) is 0 Å². The molecule has 2 unspecified atom stereocenters. The third-order valence-corrected chi connectivity index (χ3v) is 4.76. The Morgan fingerprint density at radius 1 is 1.25 bits per heavy atom. The maximum absolute atomic E-state index is 3.68. The van der Waals surface area contributed by atoms with Crippen molar-refractivity contribution in [3.63, 3.8) is 0 Å². The molecule has 2 atom stereocenters. The first-order valence-corrected chi connectivity index (χ1v) is 8.57. The van der Waals surface area contributed by atoms with Crippen molar-refractivity contribution in [1.29, 1.82) is 0 Å². The van der Waals surface area contributed by atoms with Gasteiger partial charge in [-0.2, -0.15) is 0 Å². The number of hydrogen-bond acceptors (Lipinski definition) is 2. The Morgan fingerprint density at radius 2 is 1.95 bits per heavy atom. The normalized spacial score (nSPS) is 14.5. The molecule has 0 aliphatic heterocycles. The van der Waals surface area contributed by atoms with Crippen molar-refractivity contribution in [3.8, 4) is 0 Å². The number of rotatable bonds is 9. The van der Waals surface area contributed by atoms with Crippen LogP contribution in [0.5, 0.6) is 0 Å². The topological polar surface area (TPSA) is 15.3 Å². The van der Waals surface area contributed by atoms with Crippen molar-refractivity contribution in [2.24, 2.45) is 0 Å². The van der Waals surface area contributed by atoms with Crippen molar-refractivity contribution in [1.82, 2.24) is 10.2 Å². The standard InChI is InChI=1S/C17H29BrN2/c1-5-12-19-17(11-13-20(4)14(3)6-2)15-9-7-8-10-16(15)18/h7-10,14,17,19H,5-6,11-13H2,1-4H3. The molecule has 0 spiro atoms. The van der Waals surface area contributed by atoms with E-state index >= 15 is 0 Å². The minimum atomic E-state index is 0.428. The van der Waals surface area contributed by atoms with E-state index in [2.05, 4.69) is 78.2 Å². The molecule has 0 amide bonds. The molecule has 0 saturated heterocycles. The van der Waals surface area contributed by atoms with Gasteiger partial charge in [-0.15, -0.1) is 0 Å². The zero-order valence-corrected chi connectivity index (χ0v) is 14.9. The van der Waals surface area contributed by atoms with Gasteiger partial charge in [-0.25, -0.2) is 0 Å². The first kappa shape index (κ1) is 17.7. The second-order valence-corrected chi connectivity index (χ2v) is 6.41. The molecule has 1 N–H and O–H groups in total. The lowest BCUT2D eigenvalue weighted by Gasteiger charge is -2.27. The van der Waals surface area contributed by atoms with Gasteiger partial charge in [-0.1, -0.05) is 48.0 Å². The van der Waals surface area contributed by atoms with Crippen molar-refractivity contribution < 1.29 is 0 Å². The predicted octanol–water partition coefficient (Wildman–Crippen LogP) is 4.61. The Labute approximate surface area is 133 Å². The number of benzene rings is 1. The third-order valence-electron chi connectivity index (χ3n) is 4.04. The van der Waals surface area contributed by atoms with Crippen LogP contribution in [-0.4, -0.2) is 31.1 Å². The highest BCUT2D eigenvalue weighted by atomic mass is 79.9. The average molecular weight is 341 g/mol. The molecule has 114 valence electrons. The molecular weight excluding hydrogens is 312 g/mol. The average Bonchev–Trinajstić information content (AvgIpc) is 2.47. The van der Waals surface area contributed by atoms with Crippen LogP contribution in [0, 0.1) is 0 Å². The summed E-state index contributed by atoms with van der Waals surface area (Å²) in [7, 11) is 2.23. The molecule has 3 heteroatoms.